The van der Waals surface area contributed by atoms with Crippen molar-refractivity contribution in [3.63, 3.8) is 0 Å². The molecule has 0 bridgehead atoms. The fourth-order valence-corrected chi connectivity index (χ4v) is 2.13. The van der Waals surface area contributed by atoms with Crippen LogP contribution in [0.5, 0.6) is 0 Å². The smallest absolute Gasteiger partial charge is 0.358 e. The molecule has 0 saturated carbocycles. The Morgan fingerprint density at radius 2 is 2.24 bits per heavy atom. The van der Waals surface area contributed by atoms with Crippen molar-refractivity contribution in [2.75, 3.05) is 13.2 Å². The molecule has 0 saturated heterocycles. The lowest BCUT2D eigenvalue weighted by atomic mass is 10.4. The maximum Gasteiger partial charge on any atom is 0.358 e. The first-order valence-corrected chi connectivity index (χ1v) is 6.71. The van der Waals surface area contributed by atoms with Gasteiger partial charge in [-0.3, -0.25) is 5.10 Å². The lowest BCUT2D eigenvalue weighted by molar-refractivity contribution is 0.0519. The van der Waals surface area contributed by atoms with E-state index in [0.29, 0.717) is 13.0 Å². The van der Waals surface area contributed by atoms with Gasteiger partial charge in [0, 0.05) is 12.6 Å². The number of hydrogen-bond acceptors (Lipinski definition) is 5. The Morgan fingerprint density at radius 3 is 2.82 bits per heavy atom. The Bertz CT molecular complexity index is 480. The van der Waals surface area contributed by atoms with Crippen LogP contribution in [0.4, 0.5) is 0 Å². The van der Waals surface area contributed by atoms with Crippen LogP contribution in [0.1, 0.15) is 30.8 Å². The van der Waals surface area contributed by atoms with Crippen LogP contribution < -0.4 is 4.72 Å². The molecule has 0 aromatic carbocycles. The van der Waals surface area contributed by atoms with Crippen molar-refractivity contribution in [1.29, 1.82) is 0 Å². The minimum atomic E-state index is -3.63. The van der Waals surface area contributed by atoms with Crippen LogP contribution in [0.15, 0.2) is 11.1 Å². The molecule has 96 valence electrons. The second-order valence-corrected chi connectivity index (χ2v) is 4.97. The van der Waals surface area contributed by atoms with Crippen molar-refractivity contribution in [2.24, 2.45) is 0 Å². The van der Waals surface area contributed by atoms with Gasteiger partial charge in [0.25, 0.3) is 10.0 Å². The van der Waals surface area contributed by atoms with Crippen molar-refractivity contribution in [3.8, 4) is 0 Å². The first-order valence-electron chi connectivity index (χ1n) is 5.23. The summed E-state index contributed by atoms with van der Waals surface area (Å²) in [6.45, 7) is 4.04. The number of aromatic nitrogens is 2. The molecule has 0 unspecified atom stereocenters. The Hall–Kier alpha value is -1.41. The van der Waals surface area contributed by atoms with E-state index < -0.39 is 16.0 Å². The van der Waals surface area contributed by atoms with Gasteiger partial charge in [-0.1, -0.05) is 6.92 Å². The quantitative estimate of drug-likeness (QED) is 0.716. The van der Waals surface area contributed by atoms with E-state index in [0.717, 1.165) is 6.07 Å². The summed E-state index contributed by atoms with van der Waals surface area (Å²) in [4.78, 5) is 11.3. The molecule has 0 fully saturated rings. The van der Waals surface area contributed by atoms with E-state index in [1.165, 1.54) is 0 Å². The summed E-state index contributed by atoms with van der Waals surface area (Å²) in [6.07, 6.45) is 0.679. The molecule has 2 N–H and O–H groups in total. The molecule has 8 heteroatoms. The van der Waals surface area contributed by atoms with Crippen molar-refractivity contribution in [1.82, 2.24) is 14.9 Å². The fourth-order valence-electron chi connectivity index (χ4n) is 1.07. The molecule has 1 heterocycles. The number of carbonyl (C=O) groups excluding carboxylic acids is 1. The third-order valence-corrected chi connectivity index (χ3v) is 3.24. The molecule has 1 aromatic heterocycles. The topological polar surface area (TPSA) is 101 Å². The van der Waals surface area contributed by atoms with Gasteiger partial charge >= 0.3 is 5.97 Å². The van der Waals surface area contributed by atoms with Crippen LogP contribution in [-0.2, 0) is 14.8 Å². The van der Waals surface area contributed by atoms with E-state index in [4.69, 9.17) is 4.74 Å². The average molecular weight is 261 g/mol. The molecular formula is C9H15N3O4S. The monoisotopic (exact) mass is 261 g/mol. The molecule has 1 aromatic rings. The molecule has 0 aliphatic carbocycles. The molecule has 0 amide bonds. The lowest BCUT2D eigenvalue weighted by Gasteiger charge is -2.01. The Morgan fingerprint density at radius 1 is 1.53 bits per heavy atom. The van der Waals surface area contributed by atoms with Gasteiger partial charge in [-0.25, -0.2) is 17.9 Å². The summed E-state index contributed by atoms with van der Waals surface area (Å²) in [6, 6.07) is 1.15. The highest BCUT2D eigenvalue weighted by Gasteiger charge is 2.19. The number of sulfonamides is 1. The number of hydrogen-bond donors (Lipinski definition) is 2. The van der Waals surface area contributed by atoms with Gasteiger partial charge in [0.05, 0.1) is 6.61 Å². The fraction of sp³-hybridized carbons (Fsp3) is 0.556. The summed E-state index contributed by atoms with van der Waals surface area (Å²) in [7, 11) is -3.63. The number of aromatic amines is 1. The summed E-state index contributed by atoms with van der Waals surface area (Å²) in [5.41, 5.74) is -0.0521. The standard InChI is InChI=1S/C9H15N3O4S/c1-3-5-10-17(14,15)8-6-7(11-12-8)9(13)16-4-2/h6,10H,3-5H2,1-2H3,(H,11,12). The number of rotatable bonds is 6. The van der Waals surface area contributed by atoms with Crippen LogP contribution in [0.2, 0.25) is 0 Å². The molecule has 1 rings (SSSR count). The van der Waals surface area contributed by atoms with Gasteiger partial charge in [0.15, 0.2) is 10.7 Å². The summed E-state index contributed by atoms with van der Waals surface area (Å²) in [5.74, 6) is -0.652. The molecule has 0 spiro atoms. The van der Waals surface area contributed by atoms with Crippen molar-refractivity contribution in [2.45, 2.75) is 25.3 Å². The normalized spacial score (nSPS) is 11.4. The van der Waals surface area contributed by atoms with Crippen LogP contribution >= 0.6 is 0 Å². The molecule has 7 nitrogen and oxygen atoms in total. The average Bonchev–Trinajstić information content (AvgIpc) is 2.77. The Kier molecular flexibility index (Phi) is 4.64. The number of esters is 1. The molecule has 0 aliphatic rings. The second kappa shape index (κ2) is 5.78. The summed E-state index contributed by atoms with van der Waals surface area (Å²) < 4.78 is 30.4. The number of H-pyrrole nitrogens is 1. The Labute approximate surface area is 99.6 Å². The molecular weight excluding hydrogens is 246 g/mol. The van der Waals surface area contributed by atoms with Crippen molar-refractivity contribution < 1.29 is 17.9 Å². The number of ether oxygens (including phenoxy) is 1. The number of carbonyl (C=O) groups is 1. The zero-order valence-corrected chi connectivity index (χ0v) is 10.5. The zero-order valence-electron chi connectivity index (χ0n) is 9.69. The number of nitrogens with zero attached hydrogens (tertiary/aromatic N) is 1. The second-order valence-electron chi connectivity index (χ2n) is 3.24. The van der Waals surface area contributed by atoms with Crippen LogP contribution in [0, 0.1) is 0 Å². The zero-order chi connectivity index (χ0) is 12.9. The largest absolute Gasteiger partial charge is 0.461 e. The predicted molar refractivity (Wildman–Crippen MR) is 60.0 cm³/mol. The lowest BCUT2D eigenvalue weighted by Crippen LogP contribution is -2.24. The highest BCUT2D eigenvalue weighted by Crippen LogP contribution is 2.07. The van der Waals surface area contributed by atoms with Crippen molar-refractivity contribution >= 4 is 16.0 Å². The van der Waals surface area contributed by atoms with Crippen LogP contribution in [0.25, 0.3) is 0 Å². The van der Waals surface area contributed by atoms with E-state index in [1.54, 1.807) is 6.92 Å². The van der Waals surface area contributed by atoms with Crippen LogP contribution in [-0.4, -0.2) is 37.7 Å². The molecule has 17 heavy (non-hydrogen) atoms. The van der Waals surface area contributed by atoms with Gasteiger partial charge in [-0.05, 0) is 13.3 Å². The molecule has 0 atom stereocenters. The SMILES string of the molecule is CCCNS(=O)(=O)c1cc(C(=O)OCC)n[nH]1. The minimum absolute atomic E-state index is 0.0521. The molecule has 0 radical (unpaired) electrons. The van der Waals surface area contributed by atoms with E-state index in [-0.39, 0.29) is 17.3 Å². The van der Waals surface area contributed by atoms with Crippen molar-refractivity contribution in [3.05, 3.63) is 11.8 Å². The maximum atomic E-state index is 11.7. The van der Waals surface area contributed by atoms with E-state index in [9.17, 15) is 13.2 Å². The van der Waals surface area contributed by atoms with E-state index >= 15 is 0 Å². The molecule has 0 aliphatic heterocycles. The highest BCUT2D eigenvalue weighted by molar-refractivity contribution is 7.89. The van der Waals surface area contributed by atoms with E-state index in [2.05, 4.69) is 14.9 Å². The summed E-state index contributed by atoms with van der Waals surface area (Å²) in [5, 5.41) is 5.74. The first kappa shape index (κ1) is 13.7. The van der Waals surface area contributed by atoms with E-state index in [1.807, 2.05) is 6.92 Å². The number of nitrogens with one attached hydrogen (secondary N) is 2. The van der Waals surface area contributed by atoms with Gasteiger partial charge in [0.2, 0.25) is 0 Å². The van der Waals surface area contributed by atoms with Gasteiger partial charge < -0.3 is 4.74 Å². The minimum Gasteiger partial charge on any atom is -0.461 e. The third-order valence-electron chi connectivity index (χ3n) is 1.87. The van der Waals surface area contributed by atoms with Gasteiger partial charge in [0.1, 0.15) is 0 Å². The van der Waals surface area contributed by atoms with Gasteiger partial charge in [-0.15, -0.1) is 0 Å². The highest BCUT2D eigenvalue weighted by atomic mass is 32.2. The van der Waals surface area contributed by atoms with Gasteiger partial charge in [-0.2, -0.15) is 5.10 Å². The first-order chi connectivity index (χ1) is 8.01. The van der Waals surface area contributed by atoms with Crippen LogP contribution in [0.3, 0.4) is 0 Å². The maximum absolute atomic E-state index is 11.7. The third kappa shape index (κ3) is 3.53. The Balaban J connectivity index is 2.84. The predicted octanol–water partition coefficient (Wildman–Crippen LogP) is 0.275. The summed E-state index contributed by atoms with van der Waals surface area (Å²) >= 11 is 0.